The summed E-state index contributed by atoms with van der Waals surface area (Å²) >= 11 is 0. The highest BCUT2D eigenvalue weighted by Gasteiger charge is 2.23. The highest BCUT2D eigenvalue weighted by molar-refractivity contribution is 5.90. The molecule has 0 fully saturated rings. The number of nitrogens with two attached hydrogens (primary N) is 1. The molecular formula is C36H71N3O6. The van der Waals surface area contributed by atoms with Gasteiger partial charge >= 0.3 is 6.09 Å². The summed E-state index contributed by atoms with van der Waals surface area (Å²) in [6.45, 7) is 6.26. The molecule has 0 aliphatic heterocycles. The molecule has 0 aliphatic carbocycles. The van der Waals surface area contributed by atoms with Crippen LogP contribution in [0.2, 0.25) is 0 Å². The van der Waals surface area contributed by atoms with E-state index in [1.165, 1.54) is 128 Å². The molecule has 266 valence electrons. The third kappa shape index (κ3) is 31.9. The number of carboxylic acid groups (broad SMARTS) is 1. The zero-order chi connectivity index (χ0) is 33.2. The number of carbonyl (C=O) groups excluding carboxylic acids is 2. The number of hydrogen-bond acceptors (Lipinski definition) is 5. The smallest absolute Gasteiger partial charge is 0.405 e. The van der Waals surface area contributed by atoms with Crippen molar-refractivity contribution >= 4 is 17.9 Å². The topological polar surface area (TPSA) is 140 Å². The SMILES string of the molecule is CCCCCCCCCCCCCCOCC(CNC(=O)[C@H](CC(N)=O)NC(=O)O)OCCCCCCCCCCCCCC. The third-order valence-electron chi connectivity index (χ3n) is 8.32. The van der Waals surface area contributed by atoms with Crippen LogP contribution in [-0.2, 0) is 19.1 Å². The average Bonchev–Trinajstić information content (AvgIpc) is 3.00. The minimum absolute atomic E-state index is 0.173. The summed E-state index contributed by atoms with van der Waals surface area (Å²) in [6, 6.07) is -1.24. The van der Waals surface area contributed by atoms with Gasteiger partial charge in [0.1, 0.15) is 6.04 Å². The van der Waals surface area contributed by atoms with Crippen molar-refractivity contribution < 1.29 is 29.0 Å². The number of ether oxygens (including phenoxy) is 2. The van der Waals surface area contributed by atoms with E-state index in [9.17, 15) is 14.4 Å². The van der Waals surface area contributed by atoms with Crippen LogP contribution in [0.4, 0.5) is 4.79 Å². The van der Waals surface area contributed by atoms with E-state index < -0.39 is 30.4 Å². The minimum atomic E-state index is -1.39. The van der Waals surface area contributed by atoms with Crippen LogP contribution in [0.3, 0.4) is 0 Å². The van der Waals surface area contributed by atoms with E-state index in [1.54, 1.807) is 0 Å². The molecule has 1 unspecified atom stereocenters. The standard InChI is InChI=1S/C36H71N3O6/c1-3-5-7-9-11-13-15-17-19-21-23-25-27-44-31-32(30-38-35(41)33(29-34(37)40)39-36(42)43)45-28-26-24-22-20-18-16-14-12-10-8-6-4-2/h32-33,39H,3-31H2,1-2H3,(H2,37,40)(H,38,41)(H,42,43)/t32?,33-/m0/s1. The van der Waals surface area contributed by atoms with Crippen LogP contribution in [0.1, 0.15) is 174 Å². The lowest BCUT2D eigenvalue weighted by atomic mass is 10.1. The average molecular weight is 642 g/mol. The number of primary amides is 1. The summed E-state index contributed by atoms with van der Waals surface area (Å²) in [4.78, 5) is 34.9. The molecule has 3 amide bonds. The van der Waals surface area contributed by atoms with Gasteiger partial charge in [-0.1, -0.05) is 155 Å². The predicted octanol–water partition coefficient (Wildman–Crippen LogP) is 8.42. The second-order valence-corrected chi connectivity index (χ2v) is 12.8. The lowest BCUT2D eigenvalue weighted by Gasteiger charge is -2.21. The molecule has 0 aliphatic rings. The van der Waals surface area contributed by atoms with Crippen LogP contribution in [-0.4, -0.2) is 61.5 Å². The molecule has 0 bridgehead atoms. The maximum absolute atomic E-state index is 12.6. The molecule has 0 rings (SSSR count). The summed E-state index contributed by atoms with van der Waals surface area (Å²) in [5.41, 5.74) is 5.19. The van der Waals surface area contributed by atoms with Crippen molar-refractivity contribution in [1.29, 1.82) is 0 Å². The van der Waals surface area contributed by atoms with E-state index in [0.717, 1.165) is 25.7 Å². The highest BCUT2D eigenvalue weighted by atomic mass is 16.5. The van der Waals surface area contributed by atoms with Crippen LogP contribution < -0.4 is 16.4 Å². The van der Waals surface area contributed by atoms with Crippen LogP contribution in [0.15, 0.2) is 0 Å². The fourth-order valence-electron chi connectivity index (χ4n) is 5.52. The zero-order valence-electron chi connectivity index (χ0n) is 29.2. The molecule has 5 N–H and O–H groups in total. The summed E-state index contributed by atoms with van der Waals surface area (Å²) < 4.78 is 12.0. The van der Waals surface area contributed by atoms with Crippen molar-refractivity contribution in [1.82, 2.24) is 10.6 Å². The minimum Gasteiger partial charge on any atom is -0.465 e. The molecule has 0 aromatic carbocycles. The molecule has 0 radical (unpaired) electrons. The Labute approximate surface area is 275 Å². The van der Waals surface area contributed by atoms with Gasteiger partial charge in [-0.2, -0.15) is 0 Å². The zero-order valence-corrected chi connectivity index (χ0v) is 29.2. The maximum atomic E-state index is 12.6. The van der Waals surface area contributed by atoms with Gasteiger partial charge in [0.25, 0.3) is 0 Å². The van der Waals surface area contributed by atoms with Crippen LogP contribution >= 0.6 is 0 Å². The second kappa shape index (κ2) is 33.5. The first-order valence-corrected chi connectivity index (χ1v) is 18.6. The normalized spacial score (nSPS) is 12.6. The molecule has 0 saturated carbocycles. The van der Waals surface area contributed by atoms with Gasteiger partial charge in [0.2, 0.25) is 11.8 Å². The van der Waals surface area contributed by atoms with Crippen molar-refractivity contribution in [2.45, 2.75) is 187 Å². The largest absolute Gasteiger partial charge is 0.465 e. The van der Waals surface area contributed by atoms with Gasteiger partial charge in [0.05, 0.1) is 19.1 Å². The molecule has 2 atom stereocenters. The highest BCUT2D eigenvalue weighted by Crippen LogP contribution is 2.13. The molecular weight excluding hydrogens is 570 g/mol. The van der Waals surface area contributed by atoms with Gasteiger partial charge in [-0.15, -0.1) is 0 Å². The number of unbranched alkanes of at least 4 members (excludes halogenated alkanes) is 22. The Kier molecular flexibility index (Phi) is 32.1. The quantitative estimate of drug-likeness (QED) is 0.0512. The Morgan fingerprint density at radius 1 is 0.622 bits per heavy atom. The van der Waals surface area contributed by atoms with E-state index in [2.05, 4.69) is 24.5 Å². The first-order chi connectivity index (χ1) is 21.9. The van der Waals surface area contributed by atoms with Gasteiger partial charge in [-0.05, 0) is 12.8 Å². The number of amides is 3. The molecule has 0 aromatic rings. The first-order valence-electron chi connectivity index (χ1n) is 18.6. The van der Waals surface area contributed by atoms with Crippen LogP contribution in [0, 0.1) is 0 Å². The second-order valence-electron chi connectivity index (χ2n) is 12.8. The Morgan fingerprint density at radius 2 is 1.02 bits per heavy atom. The Hall–Kier alpha value is -1.87. The predicted molar refractivity (Wildman–Crippen MR) is 184 cm³/mol. The van der Waals surface area contributed by atoms with Gasteiger partial charge < -0.3 is 30.9 Å². The number of nitrogens with one attached hydrogen (secondary N) is 2. The van der Waals surface area contributed by atoms with E-state index in [0.29, 0.717) is 19.8 Å². The van der Waals surface area contributed by atoms with E-state index in [4.69, 9.17) is 20.3 Å². The molecule has 0 heterocycles. The van der Waals surface area contributed by atoms with Gasteiger partial charge in [0, 0.05) is 19.8 Å². The van der Waals surface area contributed by atoms with Crippen molar-refractivity contribution in [3.63, 3.8) is 0 Å². The molecule has 0 aromatic heterocycles. The molecule has 0 saturated heterocycles. The molecule has 9 nitrogen and oxygen atoms in total. The summed E-state index contributed by atoms with van der Waals surface area (Å²) in [5.74, 6) is -1.36. The summed E-state index contributed by atoms with van der Waals surface area (Å²) in [5, 5.41) is 13.8. The Bertz CT molecular complexity index is 678. The first kappa shape index (κ1) is 43.1. The lowest BCUT2D eigenvalue weighted by Crippen LogP contribution is -2.50. The fraction of sp³-hybridized carbons (Fsp3) is 0.917. The van der Waals surface area contributed by atoms with Crippen LogP contribution in [0.5, 0.6) is 0 Å². The Balaban J connectivity index is 4.27. The van der Waals surface area contributed by atoms with Crippen molar-refractivity contribution in [3.05, 3.63) is 0 Å². The van der Waals surface area contributed by atoms with Crippen molar-refractivity contribution in [2.75, 3.05) is 26.4 Å². The summed E-state index contributed by atoms with van der Waals surface area (Å²) in [6.07, 6.45) is 28.6. The fourth-order valence-corrected chi connectivity index (χ4v) is 5.52. The molecule has 45 heavy (non-hydrogen) atoms. The monoisotopic (exact) mass is 642 g/mol. The lowest BCUT2D eigenvalue weighted by molar-refractivity contribution is -0.127. The summed E-state index contributed by atoms with van der Waals surface area (Å²) in [7, 11) is 0. The van der Waals surface area contributed by atoms with Gasteiger partial charge in [-0.3, -0.25) is 9.59 Å². The number of hydrogen-bond donors (Lipinski definition) is 4. The van der Waals surface area contributed by atoms with E-state index in [1.807, 2.05) is 0 Å². The number of carbonyl (C=O) groups is 3. The van der Waals surface area contributed by atoms with E-state index in [-0.39, 0.29) is 12.6 Å². The number of rotatable bonds is 35. The van der Waals surface area contributed by atoms with E-state index >= 15 is 0 Å². The van der Waals surface area contributed by atoms with Crippen molar-refractivity contribution in [3.8, 4) is 0 Å². The van der Waals surface area contributed by atoms with Gasteiger partial charge in [-0.25, -0.2) is 4.79 Å². The van der Waals surface area contributed by atoms with Crippen LogP contribution in [0.25, 0.3) is 0 Å². The molecule has 9 heteroatoms. The maximum Gasteiger partial charge on any atom is 0.405 e. The Morgan fingerprint density at radius 3 is 1.42 bits per heavy atom. The van der Waals surface area contributed by atoms with Crippen molar-refractivity contribution in [2.24, 2.45) is 5.73 Å². The molecule has 0 spiro atoms. The third-order valence-corrected chi connectivity index (χ3v) is 8.32. The van der Waals surface area contributed by atoms with Gasteiger partial charge in [0.15, 0.2) is 0 Å².